The second kappa shape index (κ2) is 2.61. The quantitative estimate of drug-likeness (QED) is 0.473. The molecule has 0 saturated heterocycles. The van der Waals surface area contributed by atoms with E-state index in [9.17, 15) is 12.8 Å². The van der Waals surface area contributed by atoms with Gasteiger partial charge in [-0.05, 0) is 0 Å². The minimum atomic E-state index is -4.23. The molecule has 0 aromatic heterocycles. The molecule has 0 amide bonds. The lowest BCUT2D eigenvalue weighted by molar-refractivity contribution is 0.439. The highest BCUT2D eigenvalue weighted by molar-refractivity contribution is 7.85. The molecule has 0 spiro atoms. The van der Waals surface area contributed by atoms with Crippen molar-refractivity contribution in [2.45, 2.75) is 5.63 Å². The Bertz CT molecular complexity index is 151. The van der Waals surface area contributed by atoms with E-state index >= 15 is 0 Å². The van der Waals surface area contributed by atoms with E-state index in [0.29, 0.717) is 0 Å². The summed E-state index contributed by atoms with van der Waals surface area (Å²) in [7, 11) is -4.23. The smallest absolute Gasteiger partial charge is 0.269 e. The van der Waals surface area contributed by atoms with Gasteiger partial charge in [-0.15, -0.1) is 0 Å². The molecule has 0 fully saturated rings. The van der Waals surface area contributed by atoms with Crippen molar-refractivity contribution in [3.63, 3.8) is 0 Å². The van der Waals surface area contributed by atoms with Gasteiger partial charge in [0.1, 0.15) is 5.75 Å². The fourth-order valence-electron chi connectivity index (χ4n) is 0.159. The molecule has 0 aliphatic carbocycles. The number of rotatable bonds is 2. The Morgan fingerprint density at radius 1 is 1.75 bits per heavy atom. The summed E-state index contributed by atoms with van der Waals surface area (Å²) >= 11 is 4.56. The van der Waals surface area contributed by atoms with Gasteiger partial charge in [0.25, 0.3) is 10.1 Å². The summed E-state index contributed by atoms with van der Waals surface area (Å²) in [6.07, 6.45) is 0. The average molecular weight is 163 g/mol. The maximum atomic E-state index is 11.4. The first-order valence-corrected chi connectivity index (χ1v) is 3.69. The van der Waals surface area contributed by atoms with E-state index in [2.05, 4.69) is 11.6 Å². The summed E-state index contributed by atoms with van der Waals surface area (Å²) in [5, 5.41) is 0. The summed E-state index contributed by atoms with van der Waals surface area (Å²) in [5.41, 5.74) is -2.02. The van der Waals surface area contributed by atoms with Crippen LogP contribution in [0.5, 0.6) is 0 Å². The molecule has 1 N–H and O–H groups in total. The number of hydrogen-bond acceptors (Lipinski definition) is 2. The van der Waals surface area contributed by atoms with E-state index in [4.69, 9.17) is 4.55 Å². The van der Waals surface area contributed by atoms with Crippen molar-refractivity contribution in [3.05, 3.63) is 0 Å². The monoisotopic (exact) mass is 162 g/mol. The lowest BCUT2D eigenvalue weighted by Crippen LogP contribution is -2.10. The number of halogens is 2. The highest BCUT2D eigenvalue weighted by atomic mass is 35.5. The standard InChI is InChI=1S/C2H4ClFO3S/c3-2(4)1-8(5,6)7/h2H,1H2,(H,5,6,7). The summed E-state index contributed by atoms with van der Waals surface area (Å²) in [5.74, 6) is -1.05. The molecule has 0 aliphatic rings. The third-order valence-corrected chi connectivity index (χ3v) is 1.39. The molecular weight excluding hydrogens is 159 g/mol. The van der Waals surface area contributed by atoms with Crippen LogP contribution < -0.4 is 0 Å². The molecule has 3 nitrogen and oxygen atoms in total. The van der Waals surface area contributed by atoms with Gasteiger partial charge in [0, 0.05) is 0 Å². The zero-order chi connectivity index (χ0) is 6.78. The predicted octanol–water partition coefficient (Wildman–Crippen LogP) is 0.409. The molecule has 0 heterocycles. The predicted molar refractivity (Wildman–Crippen MR) is 27.2 cm³/mol. The molecule has 0 rings (SSSR count). The van der Waals surface area contributed by atoms with Crippen LogP contribution >= 0.6 is 11.6 Å². The van der Waals surface area contributed by atoms with Crippen molar-refractivity contribution >= 4 is 21.7 Å². The summed E-state index contributed by atoms with van der Waals surface area (Å²) < 4.78 is 38.6. The minimum absolute atomic E-state index is 1.05. The number of alkyl halides is 2. The van der Waals surface area contributed by atoms with Crippen LogP contribution in [0.15, 0.2) is 0 Å². The van der Waals surface area contributed by atoms with Crippen LogP contribution in [0.3, 0.4) is 0 Å². The van der Waals surface area contributed by atoms with Crippen LogP contribution in [0.4, 0.5) is 4.39 Å². The van der Waals surface area contributed by atoms with Gasteiger partial charge in [-0.1, -0.05) is 11.6 Å². The summed E-state index contributed by atoms with van der Waals surface area (Å²) in [6.45, 7) is 0. The normalized spacial score (nSPS) is 15.9. The first-order chi connectivity index (χ1) is 3.42. The van der Waals surface area contributed by atoms with E-state index in [1.807, 2.05) is 0 Å². The Labute approximate surface area is 51.2 Å². The highest BCUT2D eigenvalue weighted by Gasteiger charge is 2.11. The Kier molecular flexibility index (Phi) is 2.65. The lowest BCUT2D eigenvalue weighted by atomic mass is 10.9. The molecule has 1 atom stereocenters. The van der Waals surface area contributed by atoms with Crippen LogP contribution in [0.1, 0.15) is 0 Å². The fourth-order valence-corrected chi connectivity index (χ4v) is 0.955. The molecule has 8 heavy (non-hydrogen) atoms. The van der Waals surface area contributed by atoms with Gasteiger partial charge >= 0.3 is 0 Å². The largest absolute Gasteiger partial charge is 0.285 e. The average Bonchev–Trinajstić information content (AvgIpc) is 1.21. The third kappa shape index (κ3) is 6.13. The fraction of sp³-hybridized carbons (Fsp3) is 1.00. The van der Waals surface area contributed by atoms with Crippen LogP contribution in [0.2, 0.25) is 0 Å². The molecular formula is C2H4ClFO3S. The van der Waals surface area contributed by atoms with Crippen LogP contribution in [-0.4, -0.2) is 24.4 Å². The SMILES string of the molecule is O=S(=O)(O)CC(F)Cl. The van der Waals surface area contributed by atoms with Crippen LogP contribution in [0, 0.1) is 0 Å². The van der Waals surface area contributed by atoms with Crippen molar-refractivity contribution in [1.82, 2.24) is 0 Å². The Morgan fingerprint density at radius 2 is 2.12 bits per heavy atom. The molecule has 0 aromatic rings. The Hall–Kier alpha value is 0.130. The van der Waals surface area contributed by atoms with Gasteiger partial charge in [-0.3, -0.25) is 4.55 Å². The minimum Gasteiger partial charge on any atom is -0.285 e. The zero-order valence-corrected chi connectivity index (χ0v) is 5.28. The van der Waals surface area contributed by atoms with Crippen molar-refractivity contribution in [2.24, 2.45) is 0 Å². The topological polar surface area (TPSA) is 54.4 Å². The first kappa shape index (κ1) is 8.13. The maximum absolute atomic E-state index is 11.4. The van der Waals surface area contributed by atoms with Gasteiger partial charge in [0.2, 0.25) is 0 Å². The highest BCUT2D eigenvalue weighted by Crippen LogP contribution is 1.99. The van der Waals surface area contributed by atoms with Crippen molar-refractivity contribution in [1.29, 1.82) is 0 Å². The van der Waals surface area contributed by atoms with Gasteiger partial charge in [0.05, 0.1) is 0 Å². The summed E-state index contributed by atoms with van der Waals surface area (Å²) in [6, 6.07) is 0. The van der Waals surface area contributed by atoms with Crippen molar-refractivity contribution in [3.8, 4) is 0 Å². The van der Waals surface area contributed by atoms with Crippen LogP contribution in [-0.2, 0) is 10.1 Å². The Morgan fingerprint density at radius 3 is 2.12 bits per heavy atom. The molecule has 0 aliphatic heterocycles. The third-order valence-electron chi connectivity index (χ3n) is 0.337. The molecule has 0 saturated carbocycles. The molecule has 6 heteroatoms. The zero-order valence-electron chi connectivity index (χ0n) is 3.71. The maximum Gasteiger partial charge on any atom is 0.269 e. The van der Waals surface area contributed by atoms with E-state index in [0.717, 1.165) is 0 Å². The van der Waals surface area contributed by atoms with E-state index in [1.54, 1.807) is 0 Å². The van der Waals surface area contributed by atoms with Crippen LogP contribution in [0.25, 0.3) is 0 Å². The van der Waals surface area contributed by atoms with E-state index in [-0.39, 0.29) is 0 Å². The van der Waals surface area contributed by atoms with Gasteiger partial charge in [0.15, 0.2) is 5.63 Å². The number of hydrogen-bond donors (Lipinski definition) is 1. The second-order valence-electron chi connectivity index (χ2n) is 1.14. The second-order valence-corrected chi connectivity index (χ2v) is 3.11. The Balaban J connectivity index is 3.75. The van der Waals surface area contributed by atoms with Crippen molar-refractivity contribution < 1.29 is 17.4 Å². The lowest BCUT2D eigenvalue weighted by Gasteiger charge is -1.92. The molecule has 0 radical (unpaired) electrons. The molecule has 0 bridgehead atoms. The van der Waals surface area contributed by atoms with Gasteiger partial charge in [-0.2, -0.15) is 8.42 Å². The van der Waals surface area contributed by atoms with E-state index < -0.39 is 21.5 Å². The van der Waals surface area contributed by atoms with Gasteiger partial charge in [-0.25, -0.2) is 4.39 Å². The van der Waals surface area contributed by atoms with Crippen molar-refractivity contribution in [2.75, 3.05) is 5.75 Å². The summed E-state index contributed by atoms with van der Waals surface area (Å²) in [4.78, 5) is 0. The molecule has 1 unspecified atom stereocenters. The first-order valence-electron chi connectivity index (χ1n) is 1.65. The van der Waals surface area contributed by atoms with E-state index in [1.165, 1.54) is 0 Å². The van der Waals surface area contributed by atoms with Gasteiger partial charge < -0.3 is 0 Å². The molecule has 50 valence electrons. The molecule has 0 aromatic carbocycles.